The van der Waals surface area contributed by atoms with Crippen LogP contribution in [0.2, 0.25) is 0 Å². The minimum atomic E-state index is -0.885. The van der Waals surface area contributed by atoms with Gasteiger partial charge in [-0.2, -0.15) is 0 Å². The number of fused-ring (bicyclic) bond motifs is 3. The van der Waals surface area contributed by atoms with Crippen LogP contribution in [0.4, 0.5) is 4.79 Å². The van der Waals surface area contributed by atoms with Crippen LogP contribution in [-0.2, 0) is 14.3 Å². The van der Waals surface area contributed by atoms with E-state index in [1.807, 2.05) is 24.3 Å². The number of amides is 2. The summed E-state index contributed by atoms with van der Waals surface area (Å²) >= 11 is 0. The number of hydrogen-bond donors (Lipinski definition) is 2. The fourth-order valence-electron chi connectivity index (χ4n) is 4.12. The summed E-state index contributed by atoms with van der Waals surface area (Å²) in [5.41, 5.74) is 4.60. The van der Waals surface area contributed by atoms with Gasteiger partial charge in [0.25, 0.3) is 0 Å². The minimum absolute atomic E-state index is 0.0193. The van der Waals surface area contributed by atoms with Gasteiger partial charge in [0.2, 0.25) is 5.91 Å². The molecule has 0 bridgehead atoms. The number of hydrogen-bond acceptors (Lipinski definition) is 4. The monoisotopic (exact) mass is 408 g/mol. The van der Waals surface area contributed by atoms with Crippen molar-refractivity contribution in [2.24, 2.45) is 5.92 Å². The first kappa shape index (κ1) is 19.9. The molecule has 2 amide bonds. The van der Waals surface area contributed by atoms with Crippen LogP contribution in [0.15, 0.2) is 48.5 Å². The van der Waals surface area contributed by atoms with Gasteiger partial charge in [0.05, 0.1) is 5.92 Å². The average Bonchev–Trinajstić information content (AvgIpc) is 2.98. The van der Waals surface area contributed by atoms with E-state index < -0.39 is 24.0 Å². The molecule has 156 valence electrons. The lowest BCUT2D eigenvalue weighted by atomic mass is 9.98. The Morgan fingerprint density at radius 3 is 2.20 bits per heavy atom. The van der Waals surface area contributed by atoms with Crippen molar-refractivity contribution in [3.8, 4) is 11.1 Å². The number of carboxylic acid groups (broad SMARTS) is 1. The summed E-state index contributed by atoms with van der Waals surface area (Å²) in [5, 5.41) is 11.6. The van der Waals surface area contributed by atoms with E-state index in [0.717, 1.165) is 22.3 Å². The van der Waals surface area contributed by atoms with Crippen molar-refractivity contribution in [3.05, 3.63) is 59.7 Å². The smallest absolute Gasteiger partial charge is 0.407 e. The zero-order chi connectivity index (χ0) is 21.3. The Morgan fingerprint density at radius 1 is 1.07 bits per heavy atom. The molecule has 0 spiro atoms. The topological polar surface area (TPSA) is 95.9 Å². The number of benzene rings is 2. The second-order valence-electron chi connectivity index (χ2n) is 7.91. The maximum Gasteiger partial charge on any atom is 0.407 e. The number of carbonyl (C=O) groups excluding carboxylic acids is 2. The molecule has 1 aliphatic heterocycles. The molecule has 1 saturated heterocycles. The SMILES string of the molecule is C[C@@H](CC(=O)N1CC(C(=O)O)C1)NC(=O)OCC1c2ccccc2-c2ccccc21. The number of carboxylic acids is 1. The van der Waals surface area contributed by atoms with Gasteiger partial charge in [0.1, 0.15) is 6.61 Å². The summed E-state index contributed by atoms with van der Waals surface area (Å²) < 4.78 is 5.49. The molecule has 1 atom stereocenters. The highest BCUT2D eigenvalue weighted by atomic mass is 16.5. The van der Waals surface area contributed by atoms with Gasteiger partial charge in [0, 0.05) is 31.5 Å². The van der Waals surface area contributed by atoms with Crippen LogP contribution in [0.3, 0.4) is 0 Å². The lowest BCUT2D eigenvalue weighted by Gasteiger charge is -2.37. The second kappa shape index (κ2) is 8.18. The Hall–Kier alpha value is -3.35. The molecule has 0 unspecified atom stereocenters. The van der Waals surface area contributed by atoms with Crippen LogP contribution >= 0.6 is 0 Å². The molecule has 30 heavy (non-hydrogen) atoms. The average molecular weight is 408 g/mol. The first-order valence-electron chi connectivity index (χ1n) is 10.1. The normalized spacial score (nSPS) is 16.2. The zero-order valence-corrected chi connectivity index (χ0v) is 16.7. The molecule has 7 nitrogen and oxygen atoms in total. The van der Waals surface area contributed by atoms with E-state index in [1.165, 1.54) is 4.90 Å². The molecule has 1 heterocycles. The Labute approximate surface area is 174 Å². The van der Waals surface area contributed by atoms with Crippen molar-refractivity contribution in [2.75, 3.05) is 19.7 Å². The van der Waals surface area contributed by atoms with Gasteiger partial charge in [-0.15, -0.1) is 0 Å². The molecule has 2 aromatic rings. The van der Waals surface area contributed by atoms with Gasteiger partial charge < -0.3 is 20.1 Å². The van der Waals surface area contributed by atoms with Crippen LogP contribution in [0, 0.1) is 5.92 Å². The van der Waals surface area contributed by atoms with E-state index in [2.05, 4.69) is 29.6 Å². The summed E-state index contributed by atoms with van der Waals surface area (Å²) in [5.74, 6) is -1.56. The van der Waals surface area contributed by atoms with E-state index in [-0.39, 0.29) is 37.9 Å². The third-order valence-electron chi connectivity index (χ3n) is 5.77. The highest BCUT2D eigenvalue weighted by molar-refractivity contribution is 5.82. The van der Waals surface area contributed by atoms with Crippen LogP contribution in [0.1, 0.15) is 30.4 Å². The van der Waals surface area contributed by atoms with Gasteiger partial charge in [-0.1, -0.05) is 48.5 Å². The van der Waals surface area contributed by atoms with Gasteiger partial charge >= 0.3 is 12.1 Å². The van der Waals surface area contributed by atoms with E-state index in [0.29, 0.717) is 0 Å². The Morgan fingerprint density at radius 2 is 1.63 bits per heavy atom. The van der Waals surface area contributed by atoms with Crippen LogP contribution in [-0.4, -0.2) is 53.7 Å². The van der Waals surface area contributed by atoms with Crippen molar-refractivity contribution < 1.29 is 24.2 Å². The first-order valence-corrected chi connectivity index (χ1v) is 10.1. The largest absolute Gasteiger partial charge is 0.481 e. The Bertz CT molecular complexity index is 938. The van der Waals surface area contributed by atoms with E-state index >= 15 is 0 Å². The quantitative estimate of drug-likeness (QED) is 0.766. The molecular formula is C23H24N2O5. The predicted octanol–water partition coefficient (Wildman–Crippen LogP) is 2.85. The van der Waals surface area contributed by atoms with E-state index in [1.54, 1.807) is 6.92 Å². The highest BCUT2D eigenvalue weighted by Gasteiger charge is 2.36. The van der Waals surface area contributed by atoms with Crippen molar-refractivity contribution in [2.45, 2.75) is 25.3 Å². The summed E-state index contributed by atoms with van der Waals surface area (Å²) in [6, 6.07) is 15.8. The number of alkyl carbamates (subject to hydrolysis) is 1. The molecule has 1 fully saturated rings. The number of ether oxygens (including phenoxy) is 1. The maximum atomic E-state index is 12.3. The lowest BCUT2D eigenvalue weighted by Crippen LogP contribution is -2.54. The third kappa shape index (κ3) is 3.87. The fraction of sp³-hybridized carbons (Fsp3) is 0.348. The van der Waals surface area contributed by atoms with Crippen molar-refractivity contribution >= 4 is 18.0 Å². The second-order valence-corrected chi connectivity index (χ2v) is 7.91. The number of carbonyl (C=O) groups is 3. The summed E-state index contributed by atoms with van der Waals surface area (Å²) in [7, 11) is 0. The molecule has 4 rings (SSSR count). The molecule has 0 saturated carbocycles. The molecule has 0 radical (unpaired) electrons. The van der Waals surface area contributed by atoms with E-state index in [9.17, 15) is 14.4 Å². The summed E-state index contributed by atoms with van der Waals surface area (Å²) in [6.07, 6.45) is -0.458. The van der Waals surface area contributed by atoms with E-state index in [4.69, 9.17) is 9.84 Å². The fourth-order valence-corrected chi connectivity index (χ4v) is 4.12. The highest BCUT2D eigenvalue weighted by Crippen LogP contribution is 2.44. The van der Waals surface area contributed by atoms with Crippen molar-refractivity contribution in [1.82, 2.24) is 10.2 Å². The predicted molar refractivity (Wildman–Crippen MR) is 110 cm³/mol. The third-order valence-corrected chi connectivity index (χ3v) is 5.77. The summed E-state index contributed by atoms with van der Waals surface area (Å²) in [6.45, 7) is 2.40. The Kier molecular flexibility index (Phi) is 5.44. The number of likely N-dealkylation sites (tertiary alicyclic amines) is 1. The standard InChI is InChI=1S/C23H24N2O5/c1-14(10-21(26)25-11-15(12-25)22(27)28)24-23(29)30-13-20-18-8-4-2-6-16(18)17-7-3-5-9-19(17)20/h2-9,14-15,20H,10-13H2,1H3,(H,24,29)(H,27,28)/t14-/m0/s1. The molecule has 2 aromatic carbocycles. The molecule has 1 aliphatic carbocycles. The van der Waals surface area contributed by atoms with Crippen LogP contribution in [0.25, 0.3) is 11.1 Å². The van der Waals surface area contributed by atoms with Gasteiger partial charge in [-0.25, -0.2) is 4.79 Å². The lowest BCUT2D eigenvalue weighted by molar-refractivity contribution is -0.152. The summed E-state index contributed by atoms with van der Waals surface area (Å²) in [4.78, 5) is 36.8. The van der Waals surface area contributed by atoms with Gasteiger partial charge in [-0.3, -0.25) is 9.59 Å². The molecule has 2 N–H and O–H groups in total. The molecule has 2 aliphatic rings. The zero-order valence-electron chi connectivity index (χ0n) is 16.7. The minimum Gasteiger partial charge on any atom is -0.481 e. The molecular weight excluding hydrogens is 384 g/mol. The number of nitrogens with one attached hydrogen (secondary N) is 1. The molecule has 0 aromatic heterocycles. The Balaban J connectivity index is 1.29. The molecule has 7 heteroatoms. The number of aliphatic carboxylic acids is 1. The van der Waals surface area contributed by atoms with Crippen molar-refractivity contribution in [1.29, 1.82) is 0 Å². The maximum absolute atomic E-state index is 12.3. The first-order chi connectivity index (χ1) is 14.4. The van der Waals surface area contributed by atoms with Crippen molar-refractivity contribution in [3.63, 3.8) is 0 Å². The number of rotatable bonds is 6. The van der Waals surface area contributed by atoms with Gasteiger partial charge in [-0.05, 0) is 29.2 Å². The van der Waals surface area contributed by atoms with Gasteiger partial charge in [0.15, 0.2) is 0 Å². The number of nitrogens with zero attached hydrogens (tertiary/aromatic N) is 1. The van der Waals surface area contributed by atoms with Crippen LogP contribution < -0.4 is 5.32 Å². The van der Waals surface area contributed by atoms with Crippen LogP contribution in [0.5, 0.6) is 0 Å².